The smallest absolute Gasteiger partial charge is 0.444 e. The molecule has 0 aliphatic carbocycles. The third-order valence-electron chi connectivity index (χ3n) is 1.10. The van der Waals surface area contributed by atoms with Crippen LogP contribution in [0.1, 0.15) is 20.8 Å². The second-order valence-corrected chi connectivity index (χ2v) is 2.38. The van der Waals surface area contributed by atoms with Crippen LogP contribution in [0.15, 0.2) is 0 Å². The van der Waals surface area contributed by atoms with Crippen molar-refractivity contribution >= 4 is 12.2 Å². The summed E-state index contributed by atoms with van der Waals surface area (Å²) in [5.74, 6) is 0. The van der Waals surface area contributed by atoms with Gasteiger partial charge in [0, 0.05) is 0 Å². The van der Waals surface area contributed by atoms with E-state index in [1.807, 2.05) is 13.8 Å². The van der Waals surface area contributed by atoms with E-state index in [1.54, 1.807) is 6.92 Å². The number of aliphatic hydroxyl groups excluding tert-OH is 1. The van der Waals surface area contributed by atoms with Gasteiger partial charge in [0.05, 0.1) is 6.61 Å². The highest BCUT2D eigenvalue weighted by Crippen LogP contribution is 1.92. The van der Waals surface area contributed by atoms with Crippen LogP contribution < -0.4 is 11.9 Å². The summed E-state index contributed by atoms with van der Waals surface area (Å²) in [4.78, 5) is 19.7. The van der Waals surface area contributed by atoms with Crippen LogP contribution in [0, 0.1) is 0 Å². The Kier molecular flexibility index (Phi) is 25.0. The molecule has 1 aliphatic rings. The van der Waals surface area contributed by atoms with Crippen molar-refractivity contribution in [3.63, 3.8) is 0 Å². The van der Waals surface area contributed by atoms with E-state index in [-0.39, 0.29) is 18.2 Å². The molecule has 0 spiro atoms. The zero-order valence-electron chi connectivity index (χ0n) is 11.0. The maximum absolute atomic E-state index is 9.86. The second kappa shape index (κ2) is 17.8. The monoisotopic (exact) mass is 272 g/mol. The number of primary amides is 1. The third kappa shape index (κ3) is 19.9. The fraction of sp³-hybridized carbons (Fsp3) is 0.778. The van der Waals surface area contributed by atoms with Crippen LogP contribution in [0.25, 0.3) is 0 Å². The van der Waals surface area contributed by atoms with Crippen LogP contribution in [0.3, 0.4) is 0 Å². The van der Waals surface area contributed by atoms with Crippen molar-refractivity contribution in [2.45, 2.75) is 26.9 Å². The molecule has 0 bridgehead atoms. The van der Waals surface area contributed by atoms with E-state index in [9.17, 15) is 9.59 Å². The second-order valence-electron chi connectivity index (χ2n) is 2.38. The van der Waals surface area contributed by atoms with Crippen LogP contribution in [0.5, 0.6) is 0 Å². The molecule has 9 heteroatoms. The number of nitrogens with two attached hydrogens (primary N) is 1. The van der Waals surface area contributed by atoms with E-state index in [4.69, 9.17) is 5.11 Å². The minimum atomic E-state index is -0.855. The maximum atomic E-state index is 9.86. The zero-order chi connectivity index (χ0) is 13.0. The van der Waals surface area contributed by atoms with E-state index in [0.717, 1.165) is 0 Å². The van der Waals surface area contributed by atoms with Gasteiger partial charge in [-0.1, -0.05) is 13.8 Å². The van der Waals surface area contributed by atoms with Crippen LogP contribution in [-0.4, -0.2) is 48.8 Å². The standard InChI is InChI=1S/C4H9NO3.C3H4O3.C2H6.H3N.H2O/c1-3(2-6)8-4(5)7;4-3-5-1-2-6-3;1-2;;/h3,6H,2H2,1H3,(H2,5,7);1-2H2;1-2H3;1H3;1H2. The molecule has 1 fully saturated rings. The Morgan fingerprint density at radius 1 is 1.44 bits per heavy atom. The first-order chi connectivity index (χ1) is 7.56. The van der Waals surface area contributed by atoms with Gasteiger partial charge in [-0.3, -0.25) is 0 Å². The Balaban J connectivity index is -0.0000000884. The van der Waals surface area contributed by atoms with Gasteiger partial charge >= 0.3 is 12.2 Å². The van der Waals surface area contributed by atoms with Crippen LogP contribution in [0.2, 0.25) is 0 Å². The first kappa shape index (κ1) is 25.3. The number of carbonyl (C=O) groups excluding carboxylic acids is 2. The average Bonchev–Trinajstić information content (AvgIpc) is 2.72. The van der Waals surface area contributed by atoms with Crippen LogP contribution in [0.4, 0.5) is 9.59 Å². The van der Waals surface area contributed by atoms with Gasteiger partial charge in [-0.05, 0) is 6.92 Å². The van der Waals surface area contributed by atoms with Gasteiger partial charge in [-0.25, -0.2) is 9.59 Å². The van der Waals surface area contributed by atoms with Crippen molar-refractivity contribution in [1.29, 1.82) is 0 Å². The van der Waals surface area contributed by atoms with Crippen LogP contribution in [-0.2, 0) is 14.2 Å². The number of carbonyl (C=O) groups is 2. The molecule has 9 nitrogen and oxygen atoms in total. The van der Waals surface area contributed by atoms with E-state index >= 15 is 0 Å². The first-order valence-electron chi connectivity index (χ1n) is 4.92. The van der Waals surface area contributed by atoms with Crippen LogP contribution >= 0.6 is 0 Å². The van der Waals surface area contributed by atoms with Crippen molar-refractivity contribution < 1.29 is 34.4 Å². The van der Waals surface area contributed by atoms with E-state index < -0.39 is 18.4 Å². The Morgan fingerprint density at radius 2 is 1.83 bits per heavy atom. The van der Waals surface area contributed by atoms with Crippen molar-refractivity contribution in [2.24, 2.45) is 5.73 Å². The minimum Gasteiger partial charge on any atom is -0.444 e. The van der Waals surface area contributed by atoms with Gasteiger partial charge < -0.3 is 36.7 Å². The normalized spacial score (nSPS) is 12.6. The summed E-state index contributed by atoms with van der Waals surface area (Å²) in [6, 6.07) is 0. The predicted octanol–water partition coefficient (Wildman–Crippen LogP) is -0.0208. The van der Waals surface area contributed by atoms with Gasteiger partial charge in [0.25, 0.3) is 0 Å². The molecule has 1 heterocycles. The number of cyclic esters (lactones) is 2. The highest BCUT2D eigenvalue weighted by atomic mass is 16.8. The highest BCUT2D eigenvalue weighted by Gasteiger charge is 2.09. The Bertz CT molecular complexity index is 193. The SMILES string of the molecule is CC.CC(CO)OC(N)=O.N.O.O=C1OCCO1. The summed E-state index contributed by atoms with van der Waals surface area (Å²) in [6.07, 6.45) is -1.89. The molecule has 0 saturated carbocycles. The summed E-state index contributed by atoms with van der Waals surface area (Å²) < 4.78 is 12.9. The van der Waals surface area contributed by atoms with Gasteiger partial charge in [-0.15, -0.1) is 0 Å². The Hall–Kier alpha value is -1.58. The summed E-state index contributed by atoms with van der Waals surface area (Å²) in [7, 11) is 0. The quantitative estimate of drug-likeness (QED) is 0.591. The molecular weight excluding hydrogens is 248 g/mol. The zero-order valence-corrected chi connectivity index (χ0v) is 11.0. The number of rotatable bonds is 2. The lowest BCUT2D eigenvalue weighted by Gasteiger charge is -2.05. The number of ether oxygens (including phenoxy) is 3. The molecule has 1 amide bonds. The largest absolute Gasteiger partial charge is 0.508 e. The lowest BCUT2D eigenvalue weighted by Crippen LogP contribution is -2.22. The topological polar surface area (TPSA) is 175 Å². The first-order valence-corrected chi connectivity index (χ1v) is 4.92. The summed E-state index contributed by atoms with van der Waals surface area (Å²) in [5.41, 5.74) is 4.60. The van der Waals surface area contributed by atoms with E-state index in [2.05, 4.69) is 19.9 Å². The number of hydrogen-bond donors (Lipinski definition) is 3. The van der Waals surface area contributed by atoms with Crippen molar-refractivity contribution in [1.82, 2.24) is 6.15 Å². The Morgan fingerprint density at radius 3 is 1.94 bits per heavy atom. The number of hydrogen-bond acceptors (Lipinski definition) is 7. The fourth-order valence-corrected chi connectivity index (χ4v) is 0.527. The fourth-order valence-electron chi connectivity index (χ4n) is 0.527. The van der Waals surface area contributed by atoms with E-state index in [0.29, 0.717) is 13.2 Å². The number of aliphatic hydroxyl groups is 1. The molecule has 0 radical (unpaired) electrons. The van der Waals surface area contributed by atoms with Gasteiger partial charge in [0.1, 0.15) is 19.3 Å². The molecule has 1 rings (SSSR count). The maximum Gasteiger partial charge on any atom is 0.508 e. The highest BCUT2D eigenvalue weighted by molar-refractivity contribution is 5.64. The molecule has 18 heavy (non-hydrogen) atoms. The lowest BCUT2D eigenvalue weighted by molar-refractivity contribution is 0.0745. The molecule has 0 aromatic heterocycles. The Labute approximate surface area is 106 Å². The predicted molar refractivity (Wildman–Crippen MR) is 64.5 cm³/mol. The molecule has 1 saturated heterocycles. The number of amides is 1. The molecular formula is C9H24N2O7. The van der Waals surface area contributed by atoms with Crippen molar-refractivity contribution in [2.75, 3.05) is 19.8 Å². The van der Waals surface area contributed by atoms with Crippen molar-refractivity contribution in [3.05, 3.63) is 0 Å². The van der Waals surface area contributed by atoms with Crippen molar-refractivity contribution in [3.8, 4) is 0 Å². The molecule has 1 atom stereocenters. The van der Waals surface area contributed by atoms with Gasteiger partial charge in [0.15, 0.2) is 0 Å². The minimum absolute atomic E-state index is 0. The van der Waals surface area contributed by atoms with E-state index in [1.165, 1.54) is 0 Å². The molecule has 8 N–H and O–H groups in total. The average molecular weight is 272 g/mol. The molecule has 0 aromatic rings. The lowest BCUT2D eigenvalue weighted by atomic mass is 10.4. The molecule has 0 aromatic carbocycles. The molecule has 112 valence electrons. The molecule has 1 unspecified atom stereocenters. The summed E-state index contributed by atoms with van der Waals surface area (Å²) >= 11 is 0. The third-order valence-corrected chi connectivity index (χ3v) is 1.10. The van der Waals surface area contributed by atoms with Gasteiger partial charge in [0.2, 0.25) is 0 Å². The summed E-state index contributed by atoms with van der Waals surface area (Å²) in [5, 5.41) is 8.25. The molecule has 1 aliphatic heterocycles. The summed E-state index contributed by atoms with van der Waals surface area (Å²) in [6.45, 7) is 6.19. The van der Waals surface area contributed by atoms with Gasteiger partial charge in [-0.2, -0.15) is 0 Å².